The van der Waals surface area contributed by atoms with Crippen LogP contribution in [0, 0.1) is 0 Å². The third kappa shape index (κ3) is 5.99. The predicted octanol–water partition coefficient (Wildman–Crippen LogP) is 14.6. The topological polar surface area (TPSA) is 53.5 Å². The highest BCUT2D eigenvalue weighted by Gasteiger charge is 2.19. The molecule has 0 spiro atoms. The minimum absolute atomic E-state index is 0.848. The number of pyridine rings is 3. The highest BCUT2D eigenvalue weighted by molar-refractivity contribution is 6.13. The first-order valence-electron chi connectivity index (χ1n) is 21.6. The summed E-state index contributed by atoms with van der Waals surface area (Å²) in [7, 11) is 0. The van der Waals surface area contributed by atoms with E-state index in [0.29, 0.717) is 0 Å². The van der Waals surface area contributed by atoms with Crippen molar-refractivity contribution in [3.05, 3.63) is 225 Å². The Morgan fingerprint density at radius 1 is 0.453 bits per heavy atom. The van der Waals surface area contributed by atoms with Crippen molar-refractivity contribution < 1.29 is 0 Å². The van der Waals surface area contributed by atoms with Crippen molar-refractivity contribution in [3.8, 4) is 39.6 Å². The van der Waals surface area contributed by atoms with Crippen LogP contribution in [0.4, 0.5) is 0 Å². The van der Waals surface area contributed by atoms with Gasteiger partial charge in [0.05, 0.1) is 38.8 Å². The zero-order chi connectivity index (χ0) is 42.7. The summed E-state index contributed by atoms with van der Waals surface area (Å²) in [6, 6.07) is 62.7. The zero-order valence-corrected chi connectivity index (χ0v) is 35.1. The monoisotopic (exact) mass is 820 g/mol. The second-order valence-electron chi connectivity index (χ2n) is 16.1. The van der Waals surface area contributed by atoms with Crippen LogP contribution in [0.1, 0.15) is 12.5 Å². The van der Waals surface area contributed by atoms with Crippen LogP contribution in [-0.2, 0) is 0 Å². The minimum Gasteiger partial charge on any atom is -0.309 e. The number of aromatic nitrogens is 6. The van der Waals surface area contributed by atoms with Crippen molar-refractivity contribution in [1.82, 2.24) is 28.7 Å². The number of hydrogen-bond acceptors (Lipinski definition) is 3. The maximum atomic E-state index is 5.32. The largest absolute Gasteiger partial charge is 0.309 e. The summed E-state index contributed by atoms with van der Waals surface area (Å²) in [5.74, 6) is 0.848. The summed E-state index contributed by atoms with van der Waals surface area (Å²) < 4.78 is 6.95. The maximum Gasteiger partial charge on any atom is 0.138 e. The Kier molecular flexibility index (Phi) is 8.76. The second-order valence-corrected chi connectivity index (χ2v) is 16.1. The van der Waals surface area contributed by atoms with Crippen LogP contribution in [0.5, 0.6) is 0 Å². The number of fused-ring (bicyclic) bond motifs is 9. The molecule has 6 aromatic heterocycles. The number of allylic oxidation sites excluding steroid dienone is 5. The van der Waals surface area contributed by atoms with Crippen LogP contribution in [0.15, 0.2) is 219 Å². The molecule has 0 saturated carbocycles. The molecule has 0 radical (unpaired) electrons. The summed E-state index contributed by atoms with van der Waals surface area (Å²) in [6.45, 7) is 6.47. The van der Waals surface area contributed by atoms with Crippen LogP contribution in [0.3, 0.4) is 0 Å². The molecule has 12 rings (SSSR count). The van der Waals surface area contributed by atoms with E-state index in [-0.39, 0.29) is 0 Å². The molecule has 6 heterocycles. The summed E-state index contributed by atoms with van der Waals surface area (Å²) >= 11 is 0. The van der Waals surface area contributed by atoms with E-state index in [0.717, 1.165) is 94.8 Å². The summed E-state index contributed by atoms with van der Waals surface area (Å²) in [6.07, 6.45) is 11.8. The fourth-order valence-electron chi connectivity index (χ4n) is 9.48. The molecule has 6 aromatic carbocycles. The van der Waals surface area contributed by atoms with E-state index in [1.54, 1.807) is 0 Å². The lowest BCUT2D eigenvalue weighted by atomic mass is 10.0. The Morgan fingerprint density at radius 3 is 1.64 bits per heavy atom. The van der Waals surface area contributed by atoms with E-state index in [1.807, 2.05) is 55.7 Å². The lowest BCUT2D eigenvalue weighted by Crippen LogP contribution is -2.00. The smallest absolute Gasteiger partial charge is 0.138 e. The molecule has 0 bridgehead atoms. The highest BCUT2D eigenvalue weighted by Crippen LogP contribution is 2.39. The quantitative estimate of drug-likeness (QED) is 0.144. The molecule has 0 aliphatic carbocycles. The second kappa shape index (κ2) is 15.1. The summed E-state index contributed by atoms with van der Waals surface area (Å²) in [5, 5.41) is 4.75. The van der Waals surface area contributed by atoms with Gasteiger partial charge >= 0.3 is 0 Å². The molecule has 6 heteroatoms. The van der Waals surface area contributed by atoms with Gasteiger partial charge in [0.25, 0.3) is 0 Å². The Bertz CT molecular complexity index is 3820. The van der Waals surface area contributed by atoms with E-state index in [4.69, 9.17) is 15.0 Å². The molecule has 12 aromatic rings. The number of nitrogens with zero attached hydrogens (tertiary/aromatic N) is 6. The highest BCUT2D eigenvalue weighted by atomic mass is 15.1. The third-order valence-electron chi connectivity index (χ3n) is 12.4. The van der Waals surface area contributed by atoms with Gasteiger partial charge in [-0.2, -0.15) is 0 Å². The van der Waals surface area contributed by atoms with Gasteiger partial charge in [-0.1, -0.05) is 116 Å². The SMILES string of the molecule is C=C(/C=C\C=C/C)c1cc(-c2ccccc2)nc(-n2c3ccccc3c3cc(-c4ccc5c(c4)c4ccccc4n5-c4cccc(-n5c6cccnc6c6ncccc65)c4)ccc32)c1. The minimum atomic E-state index is 0.848. The normalized spacial score (nSPS) is 12.1. The van der Waals surface area contributed by atoms with Gasteiger partial charge in [-0.15, -0.1) is 0 Å². The third-order valence-corrected chi connectivity index (χ3v) is 12.4. The van der Waals surface area contributed by atoms with Crippen LogP contribution in [0.25, 0.3) is 111 Å². The van der Waals surface area contributed by atoms with Crippen molar-refractivity contribution in [2.24, 2.45) is 0 Å². The number of rotatable bonds is 8. The Morgan fingerprint density at radius 2 is 1.00 bits per heavy atom. The molecule has 64 heavy (non-hydrogen) atoms. The van der Waals surface area contributed by atoms with Crippen LogP contribution in [-0.4, -0.2) is 28.7 Å². The molecule has 302 valence electrons. The van der Waals surface area contributed by atoms with Crippen LogP contribution < -0.4 is 0 Å². The average molecular weight is 821 g/mol. The molecule has 6 nitrogen and oxygen atoms in total. The molecule has 0 unspecified atom stereocenters. The van der Waals surface area contributed by atoms with Crippen LogP contribution >= 0.6 is 0 Å². The van der Waals surface area contributed by atoms with Gasteiger partial charge in [0.1, 0.15) is 16.9 Å². The zero-order valence-electron chi connectivity index (χ0n) is 35.1. The first-order chi connectivity index (χ1) is 31.6. The van der Waals surface area contributed by atoms with Crippen LogP contribution in [0.2, 0.25) is 0 Å². The fourth-order valence-corrected chi connectivity index (χ4v) is 9.48. The van der Waals surface area contributed by atoms with E-state index < -0.39 is 0 Å². The Hall–Kier alpha value is -8.61. The van der Waals surface area contributed by atoms with Gasteiger partial charge in [0.15, 0.2) is 0 Å². The standard InChI is InChI=1S/C58H40N6/c1-3-4-6-16-38(2)42-35-49(39-17-7-5-8-18-39)61-56(36-42)64-51-24-12-10-22-46(51)48-34-41(28-30-53(48)64)40-27-29-52-47(33-40)45-21-9-11-23-50(45)62(52)43-19-13-20-44(37-43)63-54-25-14-31-59-57(54)58-55(63)26-15-32-60-58/h3-37H,2H2,1H3/b4-3-,16-6-. The maximum absolute atomic E-state index is 5.32. The Labute approximate surface area is 369 Å². The molecule has 0 aliphatic heterocycles. The Balaban J connectivity index is 0.995. The van der Waals surface area contributed by atoms with Gasteiger partial charge < -0.3 is 9.13 Å². The van der Waals surface area contributed by atoms with Gasteiger partial charge in [0.2, 0.25) is 0 Å². The lowest BCUT2D eigenvalue weighted by Gasteiger charge is -2.13. The molecular formula is C58H40N6. The van der Waals surface area contributed by atoms with Crippen molar-refractivity contribution in [2.75, 3.05) is 0 Å². The van der Waals surface area contributed by atoms with E-state index >= 15 is 0 Å². The van der Waals surface area contributed by atoms with Gasteiger partial charge in [-0.3, -0.25) is 14.5 Å². The summed E-state index contributed by atoms with van der Waals surface area (Å²) in [4.78, 5) is 14.8. The number of hydrogen-bond donors (Lipinski definition) is 0. The molecule has 0 amide bonds. The molecular weight excluding hydrogens is 781 g/mol. The van der Waals surface area contributed by atoms with E-state index in [2.05, 4.69) is 184 Å². The first-order valence-corrected chi connectivity index (χ1v) is 21.6. The predicted molar refractivity (Wildman–Crippen MR) is 267 cm³/mol. The molecule has 0 aliphatic rings. The van der Waals surface area contributed by atoms with Gasteiger partial charge in [0, 0.05) is 50.9 Å². The van der Waals surface area contributed by atoms with Crippen molar-refractivity contribution in [1.29, 1.82) is 0 Å². The van der Waals surface area contributed by atoms with Gasteiger partial charge in [-0.25, -0.2) is 4.98 Å². The molecule has 0 saturated heterocycles. The van der Waals surface area contributed by atoms with E-state index in [9.17, 15) is 0 Å². The van der Waals surface area contributed by atoms with Crippen molar-refractivity contribution in [3.63, 3.8) is 0 Å². The summed E-state index contributed by atoms with van der Waals surface area (Å²) in [5.41, 5.74) is 16.7. The van der Waals surface area contributed by atoms with Crippen molar-refractivity contribution in [2.45, 2.75) is 6.92 Å². The fraction of sp³-hybridized carbons (Fsp3) is 0.0172. The molecule has 0 fully saturated rings. The first kappa shape index (κ1) is 37.2. The molecule has 0 atom stereocenters. The van der Waals surface area contributed by atoms with Gasteiger partial charge in [-0.05, 0) is 120 Å². The molecule has 0 N–H and O–H groups in total. The lowest BCUT2D eigenvalue weighted by molar-refractivity contribution is 1.08. The average Bonchev–Trinajstić information content (AvgIpc) is 3.99. The number of benzene rings is 6. The number of para-hydroxylation sites is 2. The van der Waals surface area contributed by atoms with E-state index in [1.165, 1.54) is 21.5 Å². The van der Waals surface area contributed by atoms with Crippen molar-refractivity contribution >= 4 is 71.3 Å².